The lowest BCUT2D eigenvalue weighted by atomic mass is 10.00. The summed E-state index contributed by atoms with van der Waals surface area (Å²) in [5.41, 5.74) is 2.20. The average Bonchev–Trinajstić information content (AvgIpc) is 3.66. The smallest absolute Gasteiger partial charge is 0.266 e. The summed E-state index contributed by atoms with van der Waals surface area (Å²) in [7, 11) is 0. The molecule has 2 atom stereocenters. The van der Waals surface area contributed by atoms with Crippen molar-refractivity contribution in [2.75, 3.05) is 31.3 Å². The maximum atomic E-state index is 13.2. The third kappa shape index (κ3) is 3.66. The lowest BCUT2D eigenvalue weighted by Gasteiger charge is -2.21. The number of epoxide rings is 2. The summed E-state index contributed by atoms with van der Waals surface area (Å²) < 4.78 is 21.8. The number of amides is 2. The predicted molar refractivity (Wildman–Crippen MR) is 109 cm³/mol. The monoisotopic (exact) mass is 409 g/mol. The van der Waals surface area contributed by atoms with Gasteiger partial charge in [0, 0.05) is 0 Å². The van der Waals surface area contributed by atoms with Crippen molar-refractivity contribution in [2.24, 2.45) is 0 Å². The molecule has 156 valence electrons. The van der Waals surface area contributed by atoms with Crippen LogP contribution in [0.5, 0.6) is 11.5 Å². The summed E-state index contributed by atoms with van der Waals surface area (Å²) in [6, 6.07) is 10.5. The highest BCUT2D eigenvalue weighted by Crippen LogP contribution is 2.37. The van der Waals surface area contributed by atoms with Gasteiger partial charge in [0.05, 0.1) is 30.0 Å². The van der Waals surface area contributed by atoms with E-state index in [0.717, 1.165) is 12.2 Å². The van der Waals surface area contributed by atoms with Crippen molar-refractivity contribution in [1.82, 2.24) is 0 Å². The normalized spacial score (nSPS) is 21.8. The number of carbonyl (C=O) groups is 2. The van der Waals surface area contributed by atoms with Crippen LogP contribution in [0.15, 0.2) is 36.4 Å². The number of carbonyl (C=O) groups excluding carboxylic acids is 2. The van der Waals surface area contributed by atoms with Crippen molar-refractivity contribution in [3.63, 3.8) is 0 Å². The fourth-order valence-electron chi connectivity index (χ4n) is 3.52. The molecule has 2 aromatic carbocycles. The fourth-order valence-corrected chi connectivity index (χ4v) is 3.52. The molecule has 0 aliphatic carbocycles. The van der Waals surface area contributed by atoms with Crippen LogP contribution in [0.2, 0.25) is 0 Å². The summed E-state index contributed by atoms with van der Waals surface area (Å²) in [5.74, 6) is 0.691. The molecule has 30 heavy (non-hydrogen) atoms. The van der Waals surface area contributed by atoms with Gasteiger partial charge in [-0.1, -0.05) is 13.8 Å². The van der Waals surface area contributed by atoms with E-state index in [9.17, 15) is 9.59 Å². The van der Waals surface area contributed by atoms with E-state index < -0.39 is 0 Å². The molecule has 2 unspecified atom stereocenters. The number of hydrogen-bond donors (Lipinski definition) is 0. The summed E-state index contributed by atoms with van der Waals surface area (Å²) >= 11 is 0. The van der Waals surface area contributed by atoms with E-state index in [1.165, 1.54) is 4.90 Å². The first-order chi connectivity index (χ1) is 14.5. The lowest BCUT2D eigenvalue weighted by molar-refractivity contribution is 0.0925. The van der Waals surface area contributed by atoms with E-state index in [-0.39, 0.29) is 29.9 Å². The van der Waals surface area contributed by atoms with E-state index in [1.807, 2.05) is 19.9 Å². The first-order valence-corrected chi connectivity index (χ1v) is 10.2. The minimum absolute atomic E-state index is 0.0995. The molecule has 7 nitrogen and oxygen atoms in total. The summed E-state index contributed by atoms with van der Waals surface area (Å²) in [6.45, 7) is 6.41. The Kier molecular flexibility index (Phi) is 4.72. The Bertz CT molecular complexity index is 1010. The van der Waals surface area contributed by atoms with Crippen molar-refractivity contribution < 1.29 is 28.5 Å². The number of nitrogens with zero attached hydrogens (tertiary/aromatic N) is 1. The van der Waals surface area contributed by atoms with Gasteiger partial charge in [0.2, 0.25) is 0 Å². The van der Waals surface area contributed by atoms with Crippen molar-refractivity contribution >= 4 is 17.5 Å². The van der Waals surface area contributed by atoms with Crippen molar-refractivity contribution in [2.45, 2.75) is 32.0 Å². The highest BCUT2D eigenvalue weighted by molar-refractivity contribution is 6.34. The van der Waals surface area contributed by atoms with E-state index in [0.29, 0.717) is 48.1 Å². The Morgan fingerprint density at radius 1 is 0.900 bits per heavy atom. The number of fused-ring (bicyclic) bond motifs is 1. The maximum Gasteiger partial charge on any atom is 0.266 e. The van der Waals surface area contributed by atoms with Gasteiger partial charge in [-0.3, -0.25) is 9.59 Å². The minimum Gasteiger partial charge on any atom is -0.491 e. The highest BCUT2D eigenvalue weighted by atomic mass is 16.6. The summed E-state index contributed by atoms with van der Waals surface area (Å²) in [6.07, 6.45) is 0.277. The molecular formula is C23H23NO6. The van der Waals surface area contributed by atoms with E-state index in [1.54, 1.807) is 30.3 Å². The molecule has 2 amide bonds. The molecule has 2 fully saturated rings. The lowest BCUT2D eigenvalue weighted by Crippen LogP contribution is -2.30. The standard InChI is InChI=1S/C23H23NO6/c1-13(2)19-7-15(28-10-17-12-30-17)4-6-21(19)24-22(25)18-5-3-14(8-20(18)23(24)26)27-9-16-11-29-16/h3-8,13,16-17H,9-12H2,1-2H3. The van der Waals surface area contributed by atoms with Crippen molar-refractivity contribution in [3.05, 3.63) is 53.1 Å². The fraction of sp³-hybridized carbons (Fsp3) is 0.391. The maximum absolute atomic E-state index is 13.2. The topological polar surface area (TPSA) is 80.9 Å². The zero-order valence-corrected chi connectivity index (χ0v) is 16.9. The number of benzene rings is 2. The third-order valence-corrected chi connectivity index (χ3v) is 5.40. The predicted octanol–water partition coefficient (Wildman–Crippen LogP) is 3.17. The second-order valence-electron chi connectivity index (χ2n) is 8.06. The van der Waals surface area contributed by atoms with Crippen molar-refractivity contribution in [3.8, 4) is 11.5 Å². The Morgan fingerprint density at radius 3 is 2.07 bits per heavy atom. The van der Waals surface area contributed by atoms with Crippen LogP contribution < -0.4 is 14.4 Å². The average molecular weight is 409 g/mol. The molecule has 0 radical (unpaired) electrons. The largest absolute Gasteiger partial charge is 0.491 e. The SMILES string of the molecule is CC(C)c1cc(OCC2CO2)ccc1N1C(=O)c2ccc(OCC3CO3)cc2C1=O. The molecular weight excluding hydrogens is 386 g/mol. The van der Waals surface area contributed by atoms with Crippen LogP contribution in [0.3, 0.4) is 0 Å². The van der Waals surface area contributed by atoms with Gasteiger partial charge in [-0.2, -0.15) is 0 Å². The van der Waals surface area contributed by atoms with E-state index in [2.05, 4.69) is 0 Å². The summed E-state index contributed by atoms with van der Waals surface area (Å²) in [4.78, 5) is 27.5. The number of anilines is 1. The van der Waals surface area contributed by atoms with Gasteiger partial charge in [0.15, 0.2) is 0 Å². The van der Waals surface area contributed by atoms with Crippen LogP contribution in [0.25, 0.3) is 0 Å². The first-order valence-electron chi connectivity index (χ1n) is 10.2. The molecule has 0 aromatic heterocycles. The molecule has 3 heterocycles. The molecule has 5 rings (SSSR count). The van der Waals surface area contributed by atoms with Crippen LogP contribution >= 0.6 is 0 Å². The van der Waals surface area contributed by atoms with E-state index >= 15 is 0 Å². The van der Waals surface area contributed by atoms with Gasteiger partial charge in [-0.15, -0.1) is 0 Å². The molecule has 2 aromatic rings. The first kappa shape index (κ1) is 19.1. The molecule has 2 saturated heterocycles. The van der Waals surface area contributed by atoms with Crippen molar-refractivity contribution in [1.29, 1.82) is 0 Å². The molecule has 0 saturated carbocycles. The van der Waals surface area contributed by atoms with Gasteiger partial charge in [-0.05, 0) is 47.9 Å². The van der Waals surface area contributed by atoms with Crippen LogP contribution in [-0.2, 0) is 9.47 Å². The van der Waals surface area contributed by atoms with Gasteiger partial charge < -0.3 is 18.9 Å². The Morgan fingerprint density at radius 2 is 1.47 bits per heavy atom. The van der Waals surface area contributed by atoms with Gasteiger partial charge >= 0.3 is 0 Å². The molecule has 0 spiro atoms. The number of imide groups is 1. The van der Waals surface area contributed by atoms with Crippen LogP contribution in [0.4, 0.5) is 5.69 Å². The molecule has 3 aliphatic heterocycles. The Hall–Kier alpha value is -2.90. The molecule has 0 N–H and O–H groups in total. The van der Waals surface area contributed by atoms with Crippen LogP contribution in [-0.4, -0.2) is 50.4 Å². The second kappa shape index (κ2) is 7.41. The second-order valence-corrected chi connectivity index (χ2v) is 8.06. The number of ether oxygens (including phenoxy) is 4. The Balaban J connectivity index is 1.42. The molecule has 7 heteroatoms. The number of hydrogen-bond acceptors (Lipinski definition) is 6. The highest BCUT2D eigenvalue weighted by Gasteiger charge is 2.38. The number of rotatable bonds is 8. The van der Waals surface area contributed by atoms with Crippen LogP contribution in [0.1, 0.15) is 46.0 Å². The zero-order valence-electron chi connectivity index (χ0n) is 16.9. The molecule has 3 aliphatic rings. The van der Waals surface area contributed by atoms with Gasteiger partial charge in [0.25, 0.3) is 11.8 Å². The third-order valence-electron chi connectivity index (χ3n) is 5.40. The Labute approximate surface area is 174 Å². The van der Waals surface area contributed by atoms with E-state index in [4.69, 9.17) is 18.9 Å². The van der Waals surface area contributed by atoms with Gasteiger partial charge in [0.1, 0.15) is 36.9 Å². The van der Waals surface area contributed by atoms with Gasteiger partial charge in [-0.25, -0.2) is 4.90 Å². The zero-order chi connectivity index (χ0) is 20.8. The molecule has 0 bridgehead atoms. The minimum atomic E-state index is -0.343. The summed E-state index contributed by atoms with van der Waals surface area (Å²) in [5, 5.41) is 0. The quantitative estimate of drug-likeness (QED) is 0.492. The van der Waals surface area contributed by atoms with Crippen LogP contribution in [0, 0.1) is 0 Å².